The van der Waals surface area contributed by atoms with Crippen LogP contribution in [0.25, 0.3) is 0 Å². The van der Waals surface area contributed by atoms with E-state index in [1.165, 1.54) is 7.11 Å². The molecule has 0 radical (unpaired) electrons. The summed E-state index contributed by atoms with van der Waals surface area (Å²) in [7, 11) is 1.29. The van der Waals surface area contributed by atoms with Crippen LogP contribution in [0.15, 0.2) is 18.2 Å². The van der Waals surface area contributed by atoms with Crippen molar-refractivity contribution in [1.82, 2.24) is 5.32 Å². The van der Waals surface area contributed by atoms with Gasteiger partial charge in [-0.15, -0.1) is 12.4 Å². The third-order valence-electron chi connectivity index (χ3n) is 4.04. The molecule has 2 N–H and O–H groups in total. The molecule has 2 aliphatic heterocycles. The van der Waals surface area contributed by atoms with Gasteiger partial charge >= 0.3 is 6.09 Å². The van der Waals surface area contributed by atoms with Gasteiger partial charge in [-0.1, -0.05) is 0 Å². The van der Waals surface area contributed by atoms with Gasteiger partial charge in [0.25, 0.3) is 0 Å². The summed E-state index contributed by atoms with van der Waals surface area (Å²) in [6.45, 7) is 1.73. The lowest BCUT2D eigenvalue weighted by Gasteiger charge is -2.40. The Morgan fingerprint density at radius 3 is 2.77 bits per heavy atom. The minimum absolute atomic E-state index is 0. The van der Waals surface area contributed by atoms with Crippen molar-refractivity contribution in [2.75, 3.05) is 25.5 Å². The van der Waals surface area contributed by atoms with Gasteiger partial charge in [0.05, 0.1) is 19.1 Å². The molecule has 0 saturated carbocycles. The Morgan fingerprint density at radius 2 is 2.09 bits per heavy atom. The van der Waals surface area contributed by atoms with Gasteiger partial charge in [0.2, 0.25) is 0 Å². The van der Waals surface area contributed by atoms with Gasteiger partial charge < -0.3 is 14.8 Å². The van der Waals surface area contributed by atoms with Crippen LogP contribution in [-0.2, 0) is 4.74 Å². The molecule has 2 heterocycles. The zero-order valence-electron chi connectivity index (χ0n) is 12.3. The lowest BCUT2D eigenvalue weighted by Crippen LogP contribution is -2.49. The molecule has 6 nitrogen and oxygen atoms in total. The predicted molar refractivity (Wildman–Crippen MR) is 84.1 cm³/mol. The summed E-state index contributed by atoms with van der Waals surface area (Å²) in [6.07, 6.45) is 1.50. The number of ketones is 1. The van der Waals surface area contributed by atoms with Crippen molar-refractivity contribution in [2.24, 2.45) is 0 Å². The Morgan fingerprint density at radius 1 is 1.36 bits per heavy atom. The zero-order valence-corrected chi connectivity index (χ0v) is 13.1. The van der Waals surface area contributed by atoms with Crippen LogP contribution in [0.5, 0.6) is 5.75 Å². The molecule has 1 aromatic carbocycles. The second kappa shape index (κ2) is 6.54. The fourth-order valence-electron chi connectivity index (χ4n) is 2.90. The number of carbonyl (C=O) groups is 2. The molecule has 0 aliphatic carbocycles. The third kappa shape index (κ3) is 3.18. The van der Waals surface area contributed by atoms with E-state index in [2.05, 4.69) is 15.4 Å². The highest BCUT2D eigenvalue weighted by Crippen LogP contribution is 2.39. The number of piperidine rings is 1. The van der Waals surface area contributed by atoms with Crippen LogP contribution in [0.1, 0.15) is 29.6 Å². The predicted octanol–water partition coefficient (Wildman–Crippen LogP) is 2.37. The molecular formula is C15H19ClN2O4. The Balaban J connectivity index is 0.00000176. The Bertz CT molecular complexity index is 585. The van der Waals surface area contributed by atoms with E-state index in [1.54, 1.807) is 18.2 Å². The zero-order chi connectivity index (χ0) is 14.9. The third-order valence-corrected chi connectivity index (χ3v) is 4.04. The number of ether oxygens (including phenoxy) is 2. The number of amides is 1. The van der Waals surface area contributed by atoms with E-state index in [-0.39, 0.29) is 23.8 Å². The molecule has 1 saturated heterocycles. The summed E-state index contributed by atoms with van der Waals surface area (Å²) >= 11 is 0. The lowest BCUT2D eigenvalue weighted by atomic mass is 9.83. The topological polar surface area (TPSA) is 76.7 Å². The molecule has 120 valence electrons. The van der Waals surface area contributed by atoms with E-state index in [0.717, 1.165) is 25.9 Å². The van der Waals surface area contributed by atoms with Crippen LogP contribution in [0, 0.1) is 0 Å². The summed E-state index contributed by atoms with van der Waals surface area (Å²) < 4.78 is 10.7. The molecule has 0 atom stereocenters. The van der Waals surface area contributed by atoms with Crippen molar-refractivity contribution in [3.05, 3.63) is 23.8 Å². The van der Waals surface area contributed by atoms with Gasteiger partial charge in [0.1, 0.15) is 11.4 Å². The van der Waals surface area contributed by atoms with Crippen LogP contribution in [0.3, 0.4) is 0 Å². The van der Waals surface area contributed by atoms with Gasteiger partial charge in [0.15, 0.2) is 5.78 Å². The number of anilines is 1. The summed E-state index contributed by atoms with van der Waals surface area (Å²) in [5, 5.41) is 5.83. The Labute approximate surface area is 135 Å². The largest absolute Gasteiger partial charge is 0.486 e. The number of hydrogen-bond donors (Lipinski definition) is 2. The first-order valence-corrected chi connectivity index (χ1v) is 7.04. The second-order valence-electron chi connectivity index (χ2n) is 5.46. The average Bonchev–Trinajstić information content (AvgIpc) is 2.48. The van der Waals surface area contributed by atoms with Gasteiger partial charge in [-0.2, -0.15) is 0 Å². The smallest absolute Gasteiger partial charge is 0.411 e. The van der Waals surface area contributed by atoms with E-state index in [1.807, 2.05) is 0 Å². The molecular weight excluding hydrogens is 308 g/mol. The quantitative estimate of drug-likeness (QED) is 0.828. The van der Waals surface area contributed by atoms with Crippen molar-refractivity contribution < 1.29 is 19.1 Å². The number of fused-ring (bicyclic) bond motifs is 1. The van der Waals surface area contributed by atoms with Crippen LogP contribution in [0.2, 0.25) is 0 Å². The molecule has 1 aromatic rings. The molecule has 1 fully saturated rings. The van der Waals surface area contributed by atoms with E-state index in [4.69, 9.17) is 4.74 Å². The van der Waals surface area contributed by atoms with Crippen molar-refractivity contribution >= 4 is 30.0 Å². The van der Waals surface area contributed by atoms with Crippen molar-refractivity contribution in [1.29, 1.82) is 0 Å². The number of halogens is 1. The van der Waals surface area contributed by atoms with Crippen molar-refractivity contribution in [3.8, 4) is 5.75 Å². The number of carbonyl (C=O) groups excluding carboxylic acids is 2. The van der Waals surface area contributed by atoms with Gasteiger partial charge in [-0.3, -0.25) is 10.1 Å². The maximum absolute atomic E-state index is 12.4. The molecule has 0 unspecified atom stereocenters. The Kier molecular flexibility index (Phi) is 4.93. The van der Waals surface area contributed by atoms with Gasteiger partial charge in [-0.25, -0.2) is 4.79 Å². The summed E-state index contributed by atoms with van der Waals surface area (Å²) in [4.78, 5) is 23.6. The first-order valence-electron chi connectivity index (χ1n) is 7.04. The maximum atomic E-state index is 12.4. The van der Waals surface area contributed by atoms with Gasteiger partial charge in [0, 0.05) is 18.5 Å². The van der Waals surface area contributed by atoms with Crippen LogP contribution < -0.4 is 15.4 Å². The minimum atomic E-state index is -0.561. The molecule has 1 spiro atoms. The van der Waals surface area contributed by atoms with Crippen LogP contribution >= 0.6 is 12.4 Å². The number of methoxy groups -OCH3 is 1. The summed E-state index contributed by atoms with van der Waals surface area (Å²) in [5.74, 6) is 0.662. The monoisotopic (exact) mass is 326 g/mol. The van der Waals surface area contributed by atoms with Crippen molar-refractivity contribution in [2.45, 2.75) is 24.9 Å². The standard InChI is InChI=1S/C15H18N2O4.ClH/c1-20-14(19)17-10-2-3-13-11(8-10)12(18)9-15(21-13)4-6-16-7-5-15;/h2-3,8,16H,4-7,9H2,1H3,(H,17,19);1H. The molecule has 22 heavy (non-hydrogen) atoms. The Hall–Kier alpha value is -1.79. The highest BCUT2D eigenvalue weighted by Gasteiger charge is 2.41. The van der Waals surface area contributed by atoms with Crippen LogP contribution in [-0.4, -0.2) is 37.7 Å². The SMILES string of the molecule is COC(=O)Nc1ccc2c(c1)C(=O)CC1(CCNCC1)O2.Cl. The second-order valence-corrected chi connectivity index (χ2v) is 5.46. The van der Waals surface area contributed by atoms with E-state index < -0.39 is 6.09 Å². The molecule has 0 aromatic heterocycles. The first kappa shape index (κ1) is 16.6. The molecule has 0 bridgehead atoms. The lowest BCUT2D eigenvalue weighted by molar-refractivity contribution is 0.0187. The first-order chi connectivity index (χ1) is 10.1. The normalized spacial score (nSPS) is 18.7. The highest BCUT2D eigenvalue weighted by molar-refractivity contribution is 6.02. The molecule has 2 aliphatic rings. The van der Waals surface area contributed by atoms with E-state index >= 15 is 0 Å². The van der Waals surface area contributed by atoms with Gasteiger partial charge in [-0.05, 0) is 31.3 Å². The fraction of sp³-hybridized carbons (Fsp3) is 0.467. The number of rotatable bonds is 1. The van der Waals surface area contributed by atoms with E-state index in [9.17, 15) is 9.59 Å². The minimum Gasteiger partial charge on any atom is -0.486 e. The van der Waals surface area contributed by atoms with Crippen LogP contribution in [0.4, 0.5) is 10.5 Å². The molecule has 3 rings (SSSR count). The number of Topliss-reactive ketones (excluding diaryl/α,β-unsaturated/α-hetero) is 1. The molecule has 1 amide bonds. The number of hydrogen-bond acceptors (Lipinski definition) is 5. The van der Waals surface area contributed by atoms with Crippen molar-refractivity contribution in [3.63, 3.8) is 0 Å². The number of benzene rings is 1. The fourth-order valence-corrected chi connectivity index (χ4v) is 2.90. The number of nitrogens with one attached hydrogen (secondary N) is 2. The molecule has 7 heteroatoms. The summed E-state index contributed by atoms with van der Waals surface area (Å²) in [5.41, 5.74) is 0.680. The average molecular weight is 327 g/mol. The van der Waals surface area contributed by atoms with E-state index in [0.29, 0.717) is 23.4 Å². The summed E-state index contributed by atoms with van der Waals surface area (Å²) in [6, 6.07) is 5.09. The highest BCUT2D eigenvalue weighted by atomic mass is 35.5. The maximum Gasteiger partial charge on any atom is 0.411 e.